The number of benzene rings is 1. The highest BCUT2D eigenvalue weighted by atomic mass is 32.2. The van der Waals surface area contributed by atoms with Crippen LogP contribution in [0.4, 0.5) is 4.79 Å². The minimum absolute atomic E-state index is 0.0826. The first kappa shape index (κ1) is 25.1. The first-order valence-electron chi connectivity index (χ1n) is 11.4. The molecule has 2 amide bonds. The van der Waals surface area contributed by atoms with Gasteiger partial charge in [-0.25, -0.2) is 4.79 Å². The number of hydrogen-bond donors (Lipinski definition) is 0. The van der Waals surface area contributed by atoms with E-state index in [-0.39, 0.29) is 17.9 Å². The molecule has 1 saturated heterocycles. The van der Waals surface area contributed by atoms with Gasteiger partial charge in [-0.2, -0.15) is 0 Å². The molecule has 3 rings (SSSR count). The average Bonchev–Trinajstić information content (AvgIpc) is 3.21. The lowest BCUT2D eigenvalue weighted by Crippen LogP contribution is -2.45. The van der Waals surface area contributed by atoms with Gasteiger partial charge in [0.2, 0.25) is 5.91 Å². The molecule has 2 heterocycles. The highest BCUT2D eigenvalue weighted by molar-refractivity contribution is 7.99. The number of carbonyl (C=O) groups is 2. The molecule has 1 aromatic carbocycles. The zero-order chi connectivity index (χ0) is 24.2. The van der Waals surface area contributed by atoms with Gasteiger partial charge in [-0.05, 0) is 76.6 Å². The molecular weight excluding hydrogens is 438 g/mol. The standard InChI is InChI=1S/C24H35N5O3S/c1-17-9-10-20(12-18(17)2)29-16-25-26-22(29)33-15-21(30)28-11-7-8-19(14-28)13-27(6)23(31)32-24(3,4)5/h9-10,12,16,19H,7-8,11,13-15H2,1-6H3. The van der Waals surface area contributed by atoms with E-state index in [0.717, 1.165) is 25.1 Å². The predicted molar refractivity (Wildman–Crippen MR) is 130 cm³/mol. The minimum atomic E-state index is -0.519. The summed E-state index contributed by atoms with van der Waals surface area (Å²) >= 11 is 1.40. The van der Waals surface area contributed by atoms with Crippen LogP contribution < -0.4 is 0 Å². The molecule has 0 saturated carbocycles. The molecule has 33 heavy (non-hydrogen) atoms. The molecule has 1 atom stereocenters. The van der Waals surface area contributed by atoms with Gasteiger partial charge in [0.25, 0.3) is 0 Å². The SMILES string of the molecule is Cc1ccc(-n2cnnc2SCC(=O)N2CCCC(CN(C)C(=O)OC(C)(C)C)C2)cc1C. The first-order chi connectivity index (χ1) is 15.5. The van der Waals surface area contributed by atoms with Crippen LogP contribution >= 0.6 is 11.8 Å². The van der Waals surface area contributed by atoms with Crippen molar-refractivity contribution in [3.8, 4) is 5.69 Å². The van der Waals surface area contributed by atoms with Crippen molar-refractivity contribution in [2.24, 2.45) is 5.92 Å². The van der Waals surface area contributed by atoms with E-state index in [2.05, 4.69) is 36.2 Å². The Morgan fingerprint density at radius 3 is 2.70 bits per heavy atom. The molecular formula is C24H35N5O3S. The predicted octanol–water partition coefficient (Wildman–Crippen LogP) is 4.08. The number of thioether (sulfide) groups is 1. The van der Waals surface area contributed by atoms with Gasteiger partial charge in [0, 0.05) is 32.4 Å². The van der Waals surface area contributed by atoms with Gasteiger partial charge in [-0.15, -0.1) is 10.2 Å². The number of ether oxygens (including phenoxy) is 1. The summed E-state index contributed by atoms with van der Waals surface area (Å²) in [5.41, 5.74) is 2.90. The largest absolute Gasteiger partial charge is 0.444 e. The summed E-state index contributed by atoms with van der Waals surface area (Å²) < 4.78 is 7.36. The lowest BCUT2D eigenvalue weighted by molar-refractivity contribution is -0.130. The number of amides is 2. The van der Waals surface area contributed by atoms with Gasteiger partial charge >= 0.3 is 6.09 Å². The second kappa shape index (κ2) is 10.6. The van der Waals surface area contributed by atoms with E-state index in [1.165, 1.54) is 22.9 Å². The van der Waals surface area contributed by atoms with Crippen molar-refractivity contribution in [1.82, 2.24) is 24.6 Å². The third-order valence-electron chi connectivity index (χ3n) is 5.72. The Bertz CT molecular complexity index is 985. The number of likely N-dealkylation sites (tertiary alicyclic amines) is 1. The Kier molecular flexibility index (Phi) is 8.05. The van der Waals surface area contributed by atoms with E-state index < -0.39 is 5.60 Å². The molecule has 0 bridgehead atoms. The van der Waals surface area contributed by atoms with Crippen LogP contribution in [0.2, 0.25) is 0 Å². The topological polar surface area (TPSA) is 80.6 Å². The zero-order valence-electron chi connectivity index (χ0n) is 20.5. The van der Waals surface area contributed by atoms with Crippen LogP contribution in [0, 0.1) is 19.8 Å². The summed E-state index contributed by atoms with van der Waals surface area (Å²) in [6.07, 6.45) is 3.28. The molecule has 0 aliphatic carbocycles. The summed E-state index contributed by atoms with van der Waals surface area (Å²) in [4.78, 5) is 28.7. The molecule has 8 nitrogen and oxygen atoms in total. The number of piperidine rings is 1. The maximum atomic E-state index is 12.9. The van der Waals surface area contributed by atoms with Crippen molar-refractivity contribution in [3.63, 3.8) is 0 Å². The van der Waals surface area contributed by atoms with Crippen molar-refractivity contribution >= 4 is 23.8 Å². The Morgan fingerprint density at radius 1 is 1.24 bits per heavy atom. The third-order valence-corrected chi connectivity index (χ3v) is 6.65. The van der Waals surface area contributed by atoms with Crippen LogP contribution in [0.15, 0.2) is 29.7 Å². The highest BCUT2D eigenvalue weighted by Gasteiger charge is 2.27. The summed E-state index contributed by atoms with van der Waals surface area (Å²) in [6.45, 7) is 11.7. The van der Waals surface area contributed by atoms with Crippen molar-refractivity contribution in [2.45, 2.75) is 58.2 Å². The van der Waals surface area contributed by atoms with E-state index in [0.29, 0.717) is 24.0 Å². The quantitative estimate of drug-likeness (QED) is 0.588. The van der Waals surface area contributed by atoms with Crippen LogP contribution in [0.3, 0.4) is 0 Å². The summed E-state index contributed by atoms with van der Waals surface area (Å²) in [7, 11) is 1.75. The normalized spacial score (nSPS) is 16.5. The van der Waals surface area contributed by atoms with Gasteiger partial charge in [-0.3, -0.25) is 9.36 Å². The second-order valence-electron chi connectivity index (χ2n) is 9.75. The Morgan fingerprint density at radius 2 is 2.00 bits per heavy atom. The van der Waals surface area contributed by atoms with Crippen LogP contribution in [-0.2, 0) is 9.53 Å². The first-order valence-corrected chi connectivity index (χ1v) is 12.3. The lowest BCUT2D eigenvalue weighted by Gasteiger charge is -2.35. The van der Waals surface area contributed by atoms with Gasteiger partial charge in [0.1, 0.15) is 11.9 Å². The second-order valence-corrected chi connectivity index (χ2v) is 10.7. The van der Waals surface area contributed by atoms with Crippen LogP contribution in [0.25, 0.3) is 5.69 Å². The maximum absolute atomic E-state index is 12.9. The molecule has 1 aromatic heterocycles. The smallest absolute Gasteiger partial charge is 0.410 e. The number of aryl methyl sites for hydroxylation is 2. The van der Waals surface area contributed by atoms with E-state index in [4.69, 9.17) is 4.74 Å². The summed E-state index contributed by atoms with van der Waals surface area (Å²) in [6, 6.07) is 6.21. The van der Waals surface area contributed by atoms with Crippen molar-refractivity contribution in [2.75, 3.05) is 32.4 Å². The van der Waals surface area contributed by atoms with Gasteiger partial charge in [0.05, 0.1) is 5.75 Å². The fourth-order valence-electron chi connectivity index (χ4n) is 3.84. The highest BCUT2D eigenvalue weighted by Crippen LogP contribution is 2.24. The van der Waals surface area contributed by atoms with Crippen molar-refractivity contribution in [3.05, 3.63) is 35.7 Å². The fraction of sp³-hybridized carbons (Fsp3) is 0.583. The minimum Gasteiger partial charge on any atom is -0.444 e. The van der Waals surface area contributed by atoms with Gasteiger partial charge < -0.3 is 14.5 Å². The Balaban J connectivity index is 1.54. The Labute approximate surface area is 200 Å². The number of carbonyl (C=O) groups excluding carboxylic acids is 2. The molecule has 1 fully saturated rings. The number of hydrogen-bond acceptors (Lipinski definition) is 6. The molecule has 180 valence electrons. The zero-order valence-corrected chi connectivity index (χ0v) is 21.3. The maximum Gasteiger partial charge on any atom is 0.410 e. The third kappa shape index (κ3) is 6.96. The van der Waals surface area contributed by atoms with Crippen LogP contribution in [-0.4, -0.2) is 74.6 Å². The molecule has 1 aliphatic heterocycles. The van der Waals surface area contributed by atoms with E-state index in [9.17, 15) is 9.59 Å². The number of aromatic nitrogens is 3. The van der Waals surface area contributed by atoms with E-state index in [1.54, 1.807) is 18.3 Å². The molecule has 0 spiro atoms. The molecule has 0 radical (unpaired) electrons. The lowest BCUT2D eigenvalue weighted by atomic mass is 9.97. The van der Waals surface area contributed by atoms with Crippen LogP contribution in [0.5, 0.6) is 0 Å². The van der Waals surface area contributed by atoms with Gasteiger partial charge in [-0.1, -0.05) is 17.8 Å². The van der Waals surface area contributed by atoms with Gasteiger partial charge in [0.15, 0.2) is 5.16 Å². The molecule has 2 aromatic rings. The molecule has 0 N–H and O–H groups in total. The van der Waals surface area contributed by atoms with Crippen molar-refractivity contribution in [1.29, 1.82) is 0 Å². The monoisotopic (exact) mass is 473 g/mol. The average molecular weight is 474 g/mol. The summed E-state index contributed by atoms with van der Waals surface area (Å²) in [5.74, 6) is 0.627. The molecule has 9 heteroatoms. The molecule has 1 aliphatic rings. The van der Waals surface area contributed by atoms with E-state index in [1.807, 2.05) is 36.3 Å². The van der Waals surface area contributed by atoms with Crippen molar-refractivity contribution < 1.29 is 14.3 Å². The Hall–Kier alpha value is -2.55. The fourth-order valence-corrected chi connectivity index (χ4v) is 4.67. The van der Waals surface area contributed by atoms with E-state index >= 15 is 0 Å². The molecule has 1 unspecified atom stereocenters. The van der Waals surface area contributed by atoms with Crippen LogP contribution in [0.1, 0.15) is 44.7 Å². The number of rotatable bonds is 6. The summed E-state index contributed by atoms with van der Waals surface area (Å²) in [5, 5.41) is 8.96. The number of nitrogens with zero attached hydrogens (tertiary/aromatic N) is 5.